The summed E-state index contributed by atoms with van der Waals surface area (Å²) in [6, 6.07) is 18.9. The van der Waals surface area contributed by atoms with E-state index in [4.69, 9.17) is 0 Å². The molecule has 0 atom stereocenters. The van der Waals surface area contributed by atoms with E-state index in [0.29, 0.717) is 0 Å². The zero-order valence-electron chi connectivity index (χ0n) is 8.57. The lowest BCUT2D eigenvalue weighted by atomic mass is 10.1. The summed E-state index contributed by atoms with van der Waals surface area (Å²) in [5.41, 5.74) is 3.61. The average Bonchev–Trinajstić information content (AvgIpc) is 2.76. The van der Waals surface area contributed by atoms with Gasteiger partial charge in [-0.2, -0.15) is 0 Å². The number of hydrogen-bond donors (Lipinski definition) is 1. The van der Waals surface area contributed by atoms with Gasteiger partial charge in [-0.25, -0.2) is 0 Å². The molecule has 0 saturated carbocycles. The Hall–Kier alpha value is -1.29. The molecule has 0 fully saturated rings. The Labute approximate surface area is 108 Å². The molecular weight excluding hydrogens is 309 g/mol. The SMILES string of the molecule is Ic1cccc2[nH]c(-c3ccccc3)cc12. The minimum Gasteiger partial charge on any atom is -0.354 e. The number of benzene rings is 2. The number of aromatic amines is 1. The van der Waals surface area contributed by atoms with Crippen LogP contribution in [-0.4, -0.2) is 4.98 Å². The Kier molecular flexibility index (Phi) is 2.44. The van der Waals surface area contributed by atoms with Crippen LogP contribution in [0.5, 0.6) is 0 Å². The first-order chi connectivity index (χ1) is 7.84. The molecule has 1 heterocycles. The fourth-order valence-electron chi connectivity index (χ4n) is 1.89. The van der Waals surface area contributed by atoms with Crippen molar-refractivity contribution in [3.05, 3.63) is 58.2 Å². The first-order valence-electron chi connectivity index (χ1n) is 5.17. The quantitative estimate of drug-likeness (QED) is 0.638. The van der Waals surface area contributed by atoms with E-state index in [9.17, 15) is 0 Å². The number of halogens is 1. The zero-order valence-corrected chi connectivity index (χ0v) is 10.7. The Morgan fingerprint density at radius 1 is 0.875 bits per heavy atom. The average molecular weight is 319 g/mol. The van der Waals surface area contributed by atoms with Crippen molar-refractivity contribution < 1.29 is 0 Å². The van der Waals surface area contributed by atoms with E-state index < -0.39 is 0 Å². The van der Waals surface area contributed by atoms with Crippen LogP contribution in [0.15, 0.2) is 54.6 Å². The van der Waals surface area contributed by atoms with E-state index in [1.807, 2.05) is 6.07 Å². The topological polar surface area (TPSA) is 15.8 Å². The minimum atomic E-state index is 1.18. The van der Waals surface area contributed by atoms with Crippen molar-refractivity contribution in [3.8, 4) is 11.3 Å². The van der Waals surface area contributed by atoms with Crippen LogP contribution in [0.25, 0.3) is 22.2 Å². The molecule has 0 radical (unpaired) electrons. The normalized spacial score (nSPS) is 10.8. The van der Waals surface area contributed by atoms with Crippen molar-refractivity contribution in [2.75, 3.05) is 0 Å². The summed E-state index contributed by atoms with van der Waals surface area (Å²) in [6.07, 6.45) is 0. The summed E-state index contributed by atoms with van der Waals surface area (Å²) >= 11 is 2.37. The lowest BCUT2D eigenvalue weighted by molar-refractivity contribution is 1.45. The van der Waals surface area contributed by atoms with Crippen LogP contribution in [0.3, 0.4) is 0 Å². The van der Waals surface area contributed by atoms with Crippen molar-refractivity contribution in [2.24, 2.45) is 0 Å². The van der Waals surface area contributed by atoms with Gasteiger partial charge in [-0.1, -0.05) is 36.4 Å². The third-order valence-corrected chi connectivity index (χ3v) is 3.64. The Bertz CT molecular complexity index is 626. The molecule has 0 aliphatic rings. The molecular formula is C14H10IN. The maximum atomic E-state index is 3.45. The third kappa shape index (κ3) is 1.63. The molecule has 0 bridgehead atoms. The molecule has 0 spiro atoms. The van der Waals surface area contributed by atoms with Crippen molar-refractivity contribution >= 4 is 33.5 Å². The lowest BCUT2D eigenvalue weighted by Gasteiger charge is -1.94. The molecule has 1 aromatic heterocycles. The van der Waals surface area contributed by atoms with Gasteiger partial charge in [-0.3, -0.25) is 0 Å². The number of hydrogen-bond acceptors (Lipinski definition) is 0. The molecule has 0 amide bonds. The first-order valence-corrected chi connectivity index (χ1v) is 6.25. The molecule has 2 aromatic carbocycles. The van der Waals surface area contributed by atoms with Crippen LogP contribution >= 0.6 is 22.6 Å². The molecule has 3 rings (SSSR count). The van der Waals surface area contributed by atoms with Gasteiger partial charge in [0.05, 0.1) is 0 Å². The summed E-state index contributed by atoms with van der Waals surface area (Å²) in [5, 5.41) is 1.29. The van der Waals surface area contributed by atoms with E-state index in [1.54, 1.807) is 0 Å². The smallest absolute Gasteiger partial charge is 0.0469 e. The summed E-state index contributed by atoms with van der Waals surface area (Å²) in [7, 11) is 0. The molecule has 0 saturated heterocycles. The predicted molar refractivity (Wildman–Crippen MR) is 76.5 cm³/mol. The summed E-state index contributed by atoms with van der Waals surface area (Å²) in [6.45, 7) is 0. The van der Waals surface area contributed by atoms with E-state index in [0.717, 1.165) is 0 Å². The highest BCUT2D eigenvalue weighted by Gasteiger charge is 2.04. The monoisotopic (exact) mass is 319 g/mol. The van der Waals surface area contributed by atoms with Crippen LogP contribution in [0.1, 0.15) is 0 Å². The van der Waals surface area contributed by atoms with E-state index in [1.165, 1.54) is 25.7 Å². The van der Waals surface area contributed by atoms with Crippen LogP contribution in [0.2, 0.25) is 0 Å². The highest BCUT2D eigenvalue weighted by atomic mass is 127. The molecule has 78 valence electrons. The van der Waals surface area contributed by atoms with Gasteiger partial charge in [0.25, 0.3) is 0 Å². The van der Waals surface area contributed by atoms with Crippen molar-refractivity contribution in [2.45, 2.75) is 0 Å². The van der Waals surface area contributed by atoms with Crippen LogP contribution in [0, 0.1) is 3.57 Å². The van der Waals surface area contributed by atoms with Gasteiger partial charge >= 0.3 is 0 Å². The predicted octanol–water partition coefficient (Wildman–Crippen LogP) is 4.44. The van der Waals surface area contributed by atoms with Gasteiger partial charge in [0.15, 0.2) is 0 Å². The second kappa shape index (κ2) is 3.94. The fourth-order valence-corrected chi connectivity index (χ4v) is 2.55. The van der Waals surface area contributed by atoms with Crippen molar-refractivity contribution in [1.82, 2.24) is 4.98 Å². The van der Waals surface area contributed by atoms with Gasteiger partial charge < -0.3 is 4.98 Å². The molecule has 3 aromatic rings. The highest BCUT2D eigenvalue weighted by molar-refractivity contribution is 14.1. The largest absolute Gasteiger partial charge is 0.354 e. The molecule has 2 heteroatoms. The standard InChI is InChI=1S/C14H10IN/c15-12-7-4-8-13-11(12)9-14(16-13)10-5-2-1-3-6-10/h1-9,16H. The van der Waals surface area contributed by atoms with Gasteiger partial charge in [-0.05, 0) is 46.4 Å². The number of nitrogens with one attached hydrogen (secondary N) is 1. The minimum absolute atomic E-state index is 1.18. The Balaban J connectivity index is 2.23. The molecule has 0 unspecified atom stereocenters. The summed E-state index contributed by atoms with van der Waals surface area (Å²) in [5.74, 6) is 0. The fraction of sp³-hybridized carbons (Fsp3) is 0. The number of fused-ring (bicyclic) bond motifs is 1. The second-order valence-corrected chi connectivity index (χ2v) is 4.91. The van der Waals surface area contributed by atoms with Gasteiger partial charge in [0, 0.05) is 20.2 Å². The first kappa shape index (κ1) is 9.90. The molecule has 1 N–H and O–H groups in total. The summed E-state index contributed by atoms with van der Waals surface area (Å²) in [4.78, 5) is 3.45. The Morgan fingerprint density at radius 2 is 1.69 bits per heavy atom. The number of aromatic nitrogens is 1. The van der Waals surface area contributed by atoms with Gasteiger partial charge in [0.2, 0.25) is 0 Å². The summed E-state index contributed by atoms with van der Waals surface area (Å²) < 4.78 is 1.29. The second-order valence-electron chi connectivity index (χ2n) is 3.75. The van der Waals surface area contributed by atoms with Crippen LogP contribution in [0.4, 0.5) is 0 Å². The lowest BCUT2D eigenvalue weighted by Crippen LogP contribution is -1.74. The van der Waals surface area contributed by atoms with Crippen LogP contribution < -0.4 is 0 Å². The van der Waals surface area contributed by atoms with E-state index in [2.05, 4.69) is 76.1 Å². The molecule has 16 heavy (non-hydrogen) atoms. The maximum Gasteiger partial charge on any atom is 0.0469 e. The highest BCUT2D eigenvalue weighted by Crippen LogP contribution is 2.26. The number of H-pyrrole nitrogens is 1. The zero-order chi connectivity index (χ0) is 11.0. The Morgan fingerprint density at radius 3 is 2.44 bits per heavy atom. The van der Waals surface area contributed by atoms with E-state index in [-0.39, 0.29) is 0 Å². The molecule has 1 nitrogen and oxygen atoms in total. The molecule has 0 aliphatic carbocycles. The maximum absolute atomic E-state index is 3.45. The van der Waals surface area contributed by atoms with E-state index >= 15 is 0 Å². The molecule has 0 aliphatic heterocycles. The van der Waals surface area contributed by atoms with Gasteiger partial charge in [-0.15, -0.1) is 0 Å². The van der Waals surface area contributed by atoms with Crippen LogP contribution in [-0.2, 0) is 0 Å². The van der Waals surface area contributed by atoms with Crippen molar-refractivity contribution in [3.63, 3.8) is 0 Å². The van der Waals surface area contributed by atoms with Gasteiger partial charge in [0.1, 0.15) is 0 Å². The third-order valence-electron chi connectivity index (χ3n) is 2.70. The number of rotatable bonds is 1. The van der Waals surface area contributed by atoms with Crippen molar-refractivity contribution in [1.29, 1.82) is 0 Å².